The van der Waals surface area contributed by atoms with E-state index in [1.807, 2.05) is 6.92 Å². The fourth-order valence-corrected chi connectivity index (χ4v) is 3.11. The molecule has 0 saturated carbocycles. The number of benzene rings is 1. The summed E-state index contributed by atoms with van der Waals surface area (Å²) in [6.07, 6.45) is 1.93. The Morgan fingerprint density at radius 2 is 2.17 bits per heavy atom. The van der Waals surface area contributed by atoms with Gasteiger partial charge in [0.1, 0.15) is 12.3 Å². The molecule has 2 amide bonds. The standard InChI is InChI=1S/C16H16BrNO5S/c1-3-9(2)23-14(20)8-18-15(21)13(24-16(18)22)7-10-4-5-12(19)11(17)6-10/h4-7,9,19H,3,8H2,1-2H3/b13-7+/t9-/m0/s1. The van der Waals surface area contributed by atoms with E-state index in [4.69, 9.17) is 4.74 Å². The molecular formula is C16H16BrNO5S. The lowest BCUT2D eigenvalue weighted by Gasteiger charge is -2.14. The van der Waals surface area contributed by atoms with E-state index in [1.165, 1.54) is 12.1 Å². The number of thioether (sulfide) groups is 1. The third kappa shape index (κ3) is 4.39. The van der Waals surface area contributed by atoms with Crippen LogP contribution in [-0.2, 0) is 14.3 Å². The molecular weight excluding hydrogens is 398 g/mol. The molecule has 128 valence electrons. The van der Waals surface area contributed by atoms with Gasteiger partial charge in [-0.1, -0.05) is 13.0 Å². The van der Waals surface area contributed by atoms with E-state index in [-0.39, 0.29) is 16.8 Å². The first-order valence-electron chi connectivity index (χ1n) is 7.25. The van der Waals surface area contributed by atoms with Crippen LogP contribution in [0.25, 0.3) is 6.08 Å². The van der Waals surface area contributed by atoms with Gasteiger partial charge in [0.2, 0.25) is 0 Å². The van der Waals surface area contributed by atoms with Crippen molar-refractivity contribution in [2.75, 3.05) is 6.54 Å². The summed E-state index contributed by atoms with van der Waals surface area (Å²) in [5, 5.41) is 8.97. The number of phenols is 1. The van der Waals surface area contributed by atoms with Crippen molar-refractivity contribution < 1.29 is 24.2 Å². The second-order valence-electron chi connectivity index (χ2n) is 5.19. The number of rotatable bonds is 5. The fraction of sp³-hybridized carbons (Fsp3) is 0.312. The minimum atomic E-state index is -0.611. The highest BCUT2D eigenvalue weighted by molar-refractivity contribution is 9.10. The molecule has 1 aliphatic heterocycles. The number of amides is 2. The van der Waals surface area contributed by atoms with Gasteiger partial charge in [-0.25, -0.2) is 0 Å². The Balaban J connectivity index is 2.11. The van der Waals surface area contributed by atoms with E-state index in [0.29, 0.717) is 16.5 Å². The largest absolute Gasteiger partial charge is 0.507 e. The van der Waals surface area contributed by atoms with Gasteiger partial charge in [0.05, 0.1) is 15.5 Å². The zero-order valence-corrected chi connectivity index (χ0v) is 15.5. The number of hydrogen-bond donors (Lipinski definition) is 1. The highest BCUT2D eigenvalue weighted by Crippen LogP contribution is 2.33. The zero-order chi connectivity index (χ0) is 17.9. The predicted octanol–water partition coefficient (Wildman–Crippen LogP) is 3.53. The Morgan fingerprint density at radius 3 is 2.79 bits per heavy atom. The number of carbonyl (C=O) groups excluding carboxylic acids is 3. The highest BCUT2D eigenvalue weighted by Gasteiger charge is 2.36. The van der Waals surface area contributed by atoms with Crippen LogP contribution in [0.4, 0.5) is 4.79 Å². The van der Waals surface area contributed by atoms with Gasteiger partial charge in [0.25, 0.3) is 11.1 Å². The highest BCUT2D eigenvalue weighted by atomic mass is 79.9. The van der Waals surface area contributed by atoms with Crippen molar-refractivity contribution >= 4 is 50.9 Å². The summed E-state index contributed by atoms with van der Waals surface area (Å²) in [7, 11) is 0. The minimum absolute atomic E-state index is 0.0769. The average molecular weight is 414 g/mol. The SMILES string of the molecule is CC[C@H](C)OC(=O)CN1C(=O)S/C(=C/c2ccc(O)c(Br)c2)C1=O. The number of hydrogen-bond acceptors (Lipinski definition) is 6. The molecule has 8 heteroatoms. The van der Waals surface area contributed by atoms with Crippen molar-refractivity contribution in [3.63, 3.8) is 0 Å². The Kier molecular flexibility index (Phi) is 6.06. The van der Waals surface area contributed by atoms with Crippen molar-refractivity contribution in [3.05, 3.63) is 33.1 Å². The lowest BCUT2D eigenvalue weighted by atomic mass is 10.2. The molecule has 1 aliphatic rings. The van der Waals surface area contributed by atoms with Crippen molar-refractivity contribution in [2.24, 2.45) is 0 Å². The van der Waals surface area contributed by atoms with Crippen molar-refractivity contribution in [3.8, 4) is 5.75 Å². The van der Waals surface area contributed by atoms with E-state index in [2.05, 4.69) is 15.9 Å². The quantitative estimate of drug-likeness (QED) is 0.586. The first-order valence-corrected chi connectivity index (χ1v) is 8.86. The van der Waals surface area contributed by atoms with Crippen molar-refractivity contribution in [1.29, 1.82) is 0 Å². The lowest BCUT2D eigenvalue weighted by Crippen LogP contribution is -2.35. The second-order valence-corrected chi connectivity index (χ2v) is 7.03. The van der Waals surface area contributed by atoms with Gasteiger partial charge >= 0.3 is 5.97 Å². The molecule has 1 atom stereocenters. The number of esters is 1. The number of phenolic OH excluding ortho intramolecular Hbond substituents is 1. The van der Waals surface area contributed by atoms with E-state index in [1.54, 1.807) is 19.1 Å². The molecule has 24 heavy (non-hydrogen) atoms. The molecule has 1 heterocycles. The summed E-state index contributed by atoms with van der Waals surface area (Å²) in [5.41, 5.74) is 0.646. The summed E-state index contributed by atoms with van der Waals surface area (Å²) in [6.45, 7) is 3.22. The molecule has 0 aliphatic carbocycles. The molecule has 0 radical (unpaired) electrons. The molecule has 1 aromatic rings. The molecule has 1 saturated heterocycles. The maximum atomic E-state index is 12.3. The number of aromatic hydroxyl groups is 1. The number of carbonyl (C=O) groups is 3. The summed E-state index contributed by atoms with van der Waals surface area (Å²) < 4.78 is 5.57. The summed E-state index contributed by atoms with van der Waals surface area (Å²) >= 11 is 3.95. The molecule has 1 aromatic carbocycles. The Bertz CT molecular complexity index is 718. The number of halogens is 1. The Morgan fingerprint density at radius 1 is 1.46 bits per heavy atom. The minimum Gasteiger partial charge on any atom is -0.507 e. The molecule has 2 rings (SSSR count). The normalized spacial score (nSPS) is 17.5. The first-order chi connectivity index (χ1) is 11.3. The van der Waals surface area contributed by atoms with E-state index < -0.39 is 23.7 Å². The van der Waals surface area contributed by atoms with E-state index in [9.17, 15) is 19.5 Å². The summed E-state index contributed by atoms with van der Waals surface area (Å²) in [5.74, 6) is -1.07. The van der Waals surface area contributed by atoms with Gasteiger partial charge < -0.3 is 9.84 Å². The molecule has 1 fully saturated rings. The first kappa shape index (κ1) is 18.5. The van der Waals surface area contributed by atoms with Crippen LogP contribution in [0.5, 0.6) is 5.75 Å². The predicted molar refractivity (Wildman–Crippen MR) is 94.3 cm³/mol. The van der Waals surface area contributed by atoms with E-state index in [0.717, 1.165) is 16.7 Å². The second kappa shape index (κ2) is 7.85. The van der Waals surface area contributed by atoms with Gasteiger partial charge in [0.15, 0.2) is 0 Å². The van der Waals surface area contributed by atoms with Gasteiger partial charge in [-0.3, -0.25) is 19.3 Å². The van der Waals surface area contributed by atoms with Crippen LogP contribution in [0.2, 0.25) is 0 Å². The maximum Gasteiger partial charge on any atom is 0.326 e. The molecule has 1 N–H and O–H groups in total. The lowest BCUT2D eigenvalue weighted by molar-refractivity contribution is -0.150. The Labute approximate surface area is 152 Å². The molecule has 0 unspecified atom stereocenters. The third-order valence-corrected chi connectivity index (χ3v) is 4.88. The van der Waals surface area contributed by atoms with Crippen LogP contribution in [0.3, 0.4) is 0 Å². The fourth-order valence-electron chi connectivity index (χ4n) is 1.87. The van der Waals surface area contributed by atoms with Gasteiger partial charge in [-0.15, -0.1) is 0 Å². The molecule has 0 bridgehead atoms. The maximum absolute atomic E-state index is 12.3. The van der Waals surface area contributed by atoms with Crippen LogP contribution < -0.4 is 0 Å². The van der Waals surface area contributed by atoms with Crippen molar-refractivity contribution in [1.82, 2.24) is 4.90 Å². The third-order valence-electron chi connectivity index (χ3n) is 3.34. The number of imide groups is 1. The number of ether oxygens (including phenoxy) is 1. The van der Waals surface area contributed by atoms with Crippen LogP contribution in [0, 0.1) is 0 Å². The average Bonchev–Trinajstić information content (AvgIpc) is 2.78. The smallest absolute Gasteiger partial charge is 0.326 e. The molecule has 0 aromatic heterocycles. The monoisotopic (exact) mass is 413 g/mol. The van der Waals surface area contributed by atoms with Crippen molar-refractivity contribution in [2.45, 2.75) is 26.4 Å². The van der Waals surface area contributed by atoms with Crippen LogP contribution >= 0.6 is 27.7 Å². The molecule has 6 nitrogen and oxygen atoms in total. The number of nitrogens with zero attached hydrogens (tertiary/aromatic N) is 1. The van der Waals surface area contributed by atoms with Crippen LogP contribution in [0.15, 0.2) is 27.6 Å². The zero-order valence-electron chi connectivity index (χ0n) is 13.1. The van der Waals surface area contributed by atoms with Gasteiger partial charge in [0, 0.05) is 0 Å². The molecule has 0 spiro atoms. The van der Waals surface area contributed by atoms with Gasteiger partial charge in [-0.2, -0.15) is 0 Å². The van der Waals surface area contributed by atoms with Crippen LogP contribution in [0.1, 0.15) is 25.8 Å². The van der Waals surface area contributed by atoms with Gasteiger partial charge in [-0.05, 0) is 64.8 Å². The van der Waals surface area contributed by atoms with Crippen LogP contribution in [-0.4, -0.2) is 39.8 Å². The summed E-state index contributed by atoms with van der Waals surface area (Å²) in [4.78, 5) is 37.1. The Hall–Kier alpha value is -1.80. The summed E-state index contributed by atoms with van der Waals surface area (Å²) in [6, 6.07) is 4.72. The van der Waals surface area contributed by atoms with E-state index >= 15 is 0 Å². The topological polar surface area (TPSA) is 83.9 Å².